The Labute approximate surface area is 370 Å². The maximum atomic E-state index is 15.4. The molecule has 1 N–H and O–H groups in total. The van der Waals surface area contributed by atoms with E-state index in [1.165, 1.54) is 0 Å². The van der Waals surface area contributed by atoms with Gasteiger partial charge in [0.1, 0.15) is 58.3 Å². The third-order valence-electron chi connectivity index (χ3n) is 10.6. The van der Waals surface area contributed by atoms with E-state index in [4.69, 9.17) is 0 Å². The van der Waals surface area contributed by atoms with Crippen LogP contribution >= 0.6 is 0 Å². The molecule has 0 atom stereocenters. The number of ketones is 1. The first-order valence-corrected chi connectivity index (χ1v) is 18.4. The molecule has 0 saturated heterocycles. The number of carbonyl (C=O) groups excluding carboxylic acids is 1. The summed E-state index contributed by atoms with van der Waals surface area (Å²) in [7, 11) is 0. The fourth-order valence-corrected chi connectivity index (χ4v) is 7.57. The van der Waals surface area contributed by atoms with E-state index < -0.39 is 150 Å². The number of hydrogen-bond donors (Lipinski definition) is 1. The summed E-state index contributed by atoms with van der Waals surface area (Å²) in [5.74, 6) is -72.6. The highest BCUT2D eigenvalue weighted by molar-refractivity contribution is 7.20. The van der Waals surface area contributed by atoms with Crippen LogP contribution in [0.4, 0.5) is 87.8 Å². The van der Waals surface area contributed by atoms with Crippen LogP contribution in [0.15, 0.2) is 73.4 Å². The molecule has 25 heteroatoms. The number of Topliss-reactive ketones (excluding diaryl/α,β-unsaturated/α-hetero) is 1. The molecule has 69 heavy (non-hydrogen) atoms. The third-order valence-corrected chi connectivity index (χ3v) is 10.6. The predicted octanol–water partition coefficient (Wildman–Crippen LogP) is 8.95. The number of nitrogens with zero attached hydrogens (tertiary/aromatic N) is 1. The summed E-state index contributed by atoms with van der Waals surface area (Å²) in [5.41, 5.74) is -13.3. The number of carboxylic acid groups (broad SMARTS) is 1. The van der Waals surface area contributed by atoms with Crippen molar-refractivity contribution in [3.63, 3.8) is 0 Å². The summed E-state index contributed by atoms with van der Waals surface area (Å²) in [5, 5.41) is 11.0. The fraction of sp³-hybridized carbons (Fsp3) is 0.0227. The smallest absolute Gasteiger partial charge is 0.341 e. The van der Waals surface area contributed by atoms with Crippen molar-refractivity contribution >= 4 is 56.1 Å². The molecule has 7 rings (SSSR count). The first-order chi connectivity index (χ1) is 32.3. The van der Waals surface area contributed by atoms with Crippen LogP contribution in [0.25, 0.3) is 16.3 Å². The Morgan fingerprint density at radius 3 is 1.03 bits per heavy atom. The zero-order chi connectivity index (χ0) is 51.5. The number of aromatic nitrogens is 1. The molecule has 0 amide bonds. The molecular weight excluding hydrogens is 981 g/mol. The average Bonchev–Trinajstić information content (AvgIpc) is 3.33. The molecule has 0 bridgehead atoms. The highest BCUT2D eigenvalue weighted by Gasteiger charge is 2.52. The van der Waals surface area contributed by atoms with Crippen LogP contribution in [0.2, 0.25) is 0 Å². The van der Waals surface area contributed by atoms with Gasteiger partial charge in [-0.3, -0.25) is 4.79 Å². The Bertz CT molecular complexity index is 2950. The van der Waals surface area contributed by atoms with Gasteiger partial charge in [0.05, 0.1) is 5.39 Å². The minimum absolute atomic E-state index is 0.0346. The summed E-state index contributed by atoms with van der Waals surface area (Å²) in [6.07, 6.45) is -5.49. The van der Waals surface area contributed by atoms with E-state index in [1.807, 2.05) is 36.4 Å². The van der Waals surface area contributed by atoms with Gasteiger partial charge in [-0.1, -0.05) is 55.1 Å². The van der Waals surface area contributed by atoms with Gasteiger partial charge in [0, 0.05) is 11.6 Å². The van der Waals surface area contributed by atoms with Gasteiger partial charge in [0.15, 0.2) is 76.0 Å². The minimum Gasteiger partial charge on any atom is -0.477 e. The van der Waals surface area contributed by atoms with E-state index in [0.717, 1.165) is 10.8 Å². The molecule has 1 heterocycles. The van der Waals surface area contributed by atoms with E-state index in [0.29, 0.717) is 11.3 Å². The molecule has 0 radical (unpaired) electrons. The number of rotatable bonds is 9. The van der Waals surface area contributed by atoms with E-state index >= 15 is 35.1 Å². The standard InChI is InChI=1S/C24BF20.C20H15NO3/c26-5-1(6(27)14(35)21(42)13(5)34)25(2-7(28)15(36)22(43)16(37)8(2)29,3-9(30)17(38)23(44)18(39)10(3)31)4-11(32)19(40)24(45)20(41)12(4)33;1-14(20(23)24)19-17-10-6-5-7-15(17)11-12-21(19)13-18(22)16-8-3-2-4-9-16/h;2-12H,1,13H2/q-1;/p+1. The maximum Gasteiger partial charge on any atom is 0.341 e. The monoisotopic (exact) mass is 997 g/mol. The molecule has 0 aliphatic heterocycles. The Morgan fingerprint density at radius 1 is 0.420 bits per heavy atom. The van der Waals surface area contributed by atoms with Crippen molar-refractivity contribution in [2.75, 3.05) is 0 Å². The quantitative estimate of drug-likeness (QED) is 0.0299. The molecule has 0 aliphatic rings. The highest BCUT2D eigenvalue weighted by atomic mass is 19.2. The van der Waals surface area contributed by atoms with Gasteiger partial charge in [-0.05, 0) is 11.5 Å². The molecule has 7 aromatic rings. The highest BCUT2D eigenvalue weighted by Crippen LogP contribution is 2.31. The Kier molecular flexibility index (Phi) is 13.8. The molecule has 358 valence electrons. The summed E-state index contributed by atoms with van der Waals surface area (Å²) in [6.45, 7) is 3.74. The minimum atomic E-state index is -7.22. The van der Waals surface area contributed by atoms with Crippen molar-refractivity contribution in [1.29, 1.82) is 0 Å². The molecule has 0 saturated carbocycles. The van der Waals surface area contributed by atoms with Crippen LogP contribution < -0.4 is 26.4 Å². The van der Waals surface area contributed by atoms with Crippen LogP contribution in [0.1, 0.15) is 16.1 Å². The van der Waals surface area contributed by atoms with Crippen molar-refractivity contribution < 1.29 is 107 Å². The predicted molar refractivity (Wildman–Crippen MR) is 201 cm³/mol. The van der Waals surface area contributed by atoms with Crippen molar-refractivity contribution in [2.45, 2.75) is 6.54 Å². The molecule has 0 unspecified atom stereocenters. The molecular formula is C44H16BF20NO3. The zero-order valence-electron chi connectivity index (χ0n) is 33.1. The maximum absolute atomic E-state index is 15.4. The average molecular weight is 997 g/mol. The molecule has 0 spiro atoms. The van der Waals surface area contributed by atoms with E-state index in [1.54, 1.807) is 35.0 Å². The summed E-state index contributed by atoms with van der Waals surface area (Å²) < 4.78 is 296. The molecule has 1 aromatic heterocycles. The SMILES string of the molecule is C=C(C(=O)O)c1c2ccccc2cc[n+]1CC(=O)c1ccccc1.Fc1c(F)c(F)c([B-](c2c(F)c(F)c(F)c(F)c2F)(c2c(F)c(F)c(F)c(F)c2F)c2c(F)c(F)c(F)c(F)c2F)c(F)c1F. The van der Waals surface area contributed by atoms with Crippen LogP contribution in [0.5, 0.6) is 0 Å². The fourth-order valence-electron chi connectivity index (χ4n) is 7.57. The first kappa shape index (κ1) is 50.7. The summed E-state index contributed by atoms with van der Waals surface area (Å²) in [6, 6.07) is 18.3. The van der Waals surface area contributed by atoms with Gasteiger partial charge in [-0.15, -0.1) is 21.9 Å². The van der Waals surface area contributed by atoms with Crippen molar-refractivity contribution in [3.05, 3.63) is 201 Å². The van der Waals surface area contributed by atoms with Gasteiger partial charge in [-0.2, -0.15) is 4.57 Å². The number of aliphatic carboxylic acids is 1. The molecule has 0 aliphatic carbocycles. The summed E-state index contributed by atoms with van der Waals surface area (Å²) >= 11 is 0. The molecule has 0 fully saturated rings. The van der Waals surface area contributed by atoms with Crippen LogP contribution in [-0.4, -0.2) is 23.0 Å². The Morgan fingerprint density at radius 2 is 0.710 bits per heavy atom. The van der Waals surface area contributed by atoms with Crippen LogP contribution in [0.3, 0.4) is 0 Å². The van der Waals surface area contributed by atoms with Gasteiger partial charge in [-0.25, -0.2) is 92.6 Å². The van der Waals surface area contributed by atoms with Crippen molar-refractivity contribution in [3.8, 4) is 0 Å². The number of fused-ring (bicyclic) bond motifs is 1. The topological polar surface area (TPSA) is 58.2 Å². The van der Waals surface area contributed by atoms with Gasteiger partial charge in [0.25, 0.3) is 0 Å². The number of halogens is 20. The lowest BCUT2D eigenvalue weighted by Gasteiger charge is -2.44. The number of carbonyl (C=O) groups is 2. The Hall–Kier alpha value is -7.73. The van der Waals surface area contributed by atoms with Crippen molar-refractivity contribution in [2.24, 2.45) is 0 Å². The van der Waals surface area contributed by atoms with E-state index in [9.17, 15) is 67.4 Å². The number of pyridine rings is 1. The number of carboxylic acids is 1. The number of benzene rings is 6. The van der Waals surface area contributed by atoms with Crippen molar-refractivity contribution in [1.82, 2.24) is 0 Å². The normalized spacial score (nSPS) is 11.5. The van der Waals surface area contributed by atoms with E-state index in [2.05, 4.69) is 6.58 Å². The Balaban J connectivity index is 0.000000273. The lowest BCUT2D eigenvalue weighted by molar-refractivity contribution is -0.683. The molecule has 4 nitrogen and oxygen atoms in total. The first-order valence-electron chi connectivity index (χ1n) is 18.4. The van der Waals surface area contributed by atoms with Gasteiger partial charge in [0.2, 0.25) is 18.0 Å². The summed E-state index contributed by atoms with van der Waals surface area (Å²) in [4.78, 5) is 24.0. The van der Waals surface area contributed by atoms with E-state index in [-0.39, 0.29) is 17.9 Å². The van der Waals surface area contributed by atoms with Crippen LogP contribution in [0, 0.1) is 116 Å². The second kappa shape index (κ2) is 18.8. The van der Waals surface area contributed by atoms with Gasteiger partial charge >= 0.3 is 5.97 Å². The number of hydrogen-bond acceptors (Lipinski definition) is 2. The van der Waals surface area contributed by atoms with Crippen LogP contribution in [-0.2, 0) is 11.3 Å². The second-order valence-corrected chi connectivity index (χ2v) is 14.3. The lowest BCUT2D eigenvalue weighted by Crippen LogP contribution is -2.81. The van der Waals surface area contributed by atoms with Gasteiger partial charge < -0.3 is 5.11 Å². The lowest BCUT2D eigenvalue weighted by atomic mass is 9.12. The zero-order valence-corrected chi connectivity index (χ0v) is 33.1. The molecule has 6 aromatic carbocycles. The third kappa shape index (κ3) is 7.97. The second-order valence-electron chi connectivity index (χ2n) is 14.3. The largest absolute Gasteiger partial charge is 0.477 e.